The molecule has 3 N–H and O–H groups in total. The van der Waals surface area contributed by atoms with Gasteiger partial charge in [-0.25, -0.2) is 9.97 Å². The van der Waals surface area contributed by atoms with Crippen molar-refractivity contribution in [1.82, 2.24) is 19.6 Å². The van der Waals surface area contributed by atoms with E-state index in [1.165, 1.54) is 30.9 Å². The van der Waals surface area contributed by atoms with E-state index in [0.29, 0.717) is 21.3 Å². The van der Waals surface area contributed by atoms with E-state index in [9.17, 15) is 18.3 Å². The Labute approximate surface area is 236 Å². The first-order valence-electron chi connectivity index (χ1n) is 12.6. The number of aromatic nitrogens is 2. The van der Waals surface area contributed by atoms with Crippen LogP contribution >= 0.6 is 22.9 Å². The van der Waals surface area contributed by atoms with E-state index in [-0.39, 0.29) is 30.2 Å². The lowest BCUT2D eigenvalue weighted by Gasteiger charge is -2.36. The number of hydrogen-bond donors (Lipinski definition) is 3. The molecule has 5 rings (SSSR count). The van der Waals surface area contributed by atoms with Crippen molar-refractivity contribution in [1.29, 1.82) is 0 Å². The van der Waals surface area contributed by atoms with Gasteiger partial charge in [-0.2, -0.15) is 13.1 Å². The summed E-state index contributed by atoms with van der Waals surface area (Å²) in [5.74, 6) is 0.0992. The molecule has 3 aromatic rings. The number of halogens is 1. The summed E-state index contributed by atoms with van der Waals surface area (Å²) in [6.45, 7) is 0.930. The standard InChI is InChI=1S/C26H30ClN5O5S2/c1-28-39(35,36)37-22-12-19(11-21(22)33)31-25-20(13-29-15-30-25)24(34)23-10-17(14-38-23)26(7-4-8-32(26)2)16-5-3-6-18(27)9-16/h3,5-6,9-10,13-15,19,21-22,28,33H,4,7-8,11-12H2,1-2H3,(H,29,30,31)/t19-,21+,22-,26-/m1/s1. The normalized spacial score (nSPS) is 25.7. The molecule has 0 amide bonds. The van der Waals surface area contributed by atoms with Gasteiger partial charge in [-0.05, 0) is 74.0 Å². The number of carbonyl (C=O) groups excluding carboxylic acids is 1. The van der Waals surface area contributed by atoms with Crippen molar-refractivity contribution in [2.24, 2.45) is 0 Å². The van der Waals surface area contributed by atoms with Crippen molar-refractivity contribution in [3.63, 3.8) is 0 Å². The minimum atomic E-state index is -3.95. The number of thiophene rings is 1. The molecule has 2 aromatic heterocycles. The summed E-state index contributed by atoms with van der Waals surface area (Å²) >= 11 is 7.73. The van der Waals surface area contributed by atoms with Gasteiger partial charge in [0.05, 0.1) is 22.1 Å². The Morgan fingerprint density at radius 2 is 2.10 bits per heavy atom. The molecule has 1 saturated heterocycles. The Hall–Kier alpha value is -2.45. The highest BCUT2D eigenvalue weighted by atomic mass is 35.5. The fourth-order valence-corrected chi connectivity index (χ4v) is 7.36. The van der Waals surface area contributed by atoms with Gasteiger partial charge in [0.15, 0.2) is 0 Å². The smallest absolute Gasteiger partial charge is 0.335 e. The lowest BCUT2D eigenvalue weighted by molar-refractivity contribution is 0.0636. The van der Waals surface area contributed by atoms with Crippen LogP contribution in [0.3, 0.4) is 0 Å². The molecule has 1 aliphatic carbocycles. The minimum absolute atomic E-state index is 0.220. The Kier molecular flexibility index (Phi) is 8.07. The number of nitrogens with one attached hydrogen (secondary N) is 2. The maximum atomic E-state index is 13.7. The monoisotopic (exact) mass is 591 g/mol. The van der Waals surface area contributed by atoms with Gasteiger partial charge in [-0.15, -0.1) is 11.3 Å². The summed E-state index contributed by atoms with van der Waals surface area (Å²) in [6, 6.07) is 9.47. The predicted molar refractivity (Wildman–Crippen MR) is 149 cm³/mol. The summed E-state index contributed by atoms with van der Waals surface area (Å²) in [5, 5.41) is 16.2. The van der Waals surface area contributed by atoms with E-state index in [0.717, 1.165) is 30.5 Å². The number of benzene rings is 1. The van der Waals surface area contributed by atoms with Crippen LogP contribution in [0.4, 0.5) is 5.82 Å². The van der Waals surface area contributed by atoms with E-state index < -0.39 is 22.5 Å². The molecule has 0 bridgehead atoms. The third-order valence-corrected chi connectivity index (χ3v) is 9.72. The molecule has 4 atom stereocenters. The number of aliphatic hydroxyl groups is 1. The Morgan fingerprint density at radius 1 is 1.28 bits per heavy atom. The number of hydrogen-bond acceptors (Lipinski definition) is 10. The van der Waals surface area contributed by atoms with Gasteiger partial charge in [-0.3, -0.25) is 13.9 Å². The molecular formula is C26H30ClN5O5S2. The van der Waals surface area contributed by atoms with Crippen LogP contribution in [0, 0.1) is 0 Å². The summed E-state index contributed by atoms with van der Waals surface area (Å²) in [5.41, 5.74) is 2.05. The van der Waals surface area contributed by atoms with Gasteiger partial charge in [0.25, 0.3) is 0 Å². The lowest BCUT2D eigenvalue weighted by atomic mass is 9.82. The number of ketones is 1. The maximum Gasteiger partial charge on any atom is 0.335 e. The Morgan fingerprint density at radius 3 is 2.82 bits per heavy atom. The molecule has 1 aliphatic heterocycles. The highest BCUT2D eigenvalue weighted by Crippen LogP contribution is 2.45. The quantitative estimate of drug-likeness (QED) is 0.321. The molecule has 10 nitrogen and oxygen atoms in total. The van der Waals surface area contributed by atoms with Gasteiger partial charge < -0.3 is 10.4 Å². The number of anilines is 1. The van der Waals surface area contributed by atoms with Crippen LogP contribution < -0.4 is 10.0 Å². The van der Waals surface area contributed by atoms with Crippen LogP contribution in [0.5, 0.6) is 0 Å². The molecule has 13 heteroatoms. The zero-order chi connectivity index (χ0) is 27.8. The maximum absolute atomic E-state index is 13.7. The van der Waals surface area contributed by atoms with E-state index in [1.54, 1.807) is 0 Å². The minimum Gasteiger partial charge on any atom is -0.390 e. The summed E-state index contributed by atoms with van der Waals surface area (Å²) < 4.78 is 30.7. The van der Waals surface area contributed by atoms with Gasteiger partial charge >= 0.3 is 10.3 Å². The fraction of sp³-hybridized carbons (Fsp3) is 0.423. The second kappa shape index (κ2) is 11.2. The average molecular weight is 592 g/mol. The van der Waals surface area contributed by atoms with Crippen molar-refractivity contribution in [2.45, 2.75) is 49.5 Å². The molecule has 0 unspecified atom stereocenters. The van der Waals surface area contributed by atoms with E-state index in [4.69, 9.17) is 15.8 Å². The summed E-state index contributed by atoms with van der Waals surface area (Å²) in [6.07, 6.45) is 3.30. The molecular weight excluding hydrogens is 562 g/mol. The van der Waals surface area contributed by atoms with Crippen molar-refractivity contribution < 1.29 is 22.5 Å². The average Bonchev–Trinajstić information content (AvgIpc) is 3.63. The lowest BCUT2D eigenvalue weighted by Crippen LogP contribution is -2.39. The second-order valence-electron chi connectivity index (χ2n) is 9.88. The number of carbonyl (C=O) groups is 1. The van der Waals surface area contributed by atoms with Crippen LogP contribution in [0.1, 0.15) is 52.0 Å². The van der Waals surface area contributed by atoms with Crippen LogP contribution in [-0.4, -0.2) is 73.1 Å². The van der Waals surface area contributed by atoms with Crippen LogP contribution in [0.15, 0.2) is 48.2 Å². The highest BCUT2D eigenvalue weighted by Gasteiger charge is 2.43. The van der Waals surface area contributed by atoms with Crippen molar-refractivity contribution in [3.05, 3.63) is 74.8 Å². The van der Waals surface area contributed by atoms with E-state index in [1.807, 2.05) is 29.6 Å². The topological polar surface area (TPSA) is 134 Å². The van der Waals surface area contributed by atoms with Crippen molar-refractivity contribution >= 4 is 44.8 Å². The molecule has 1 aromatic carbocycles. The second-order valence-corrected chi connectivity index (χ2v) is 12.7. The molecule has 2 fully saturated rings. The van der Waals surface area contributed by atoms with Gasteiger partial charge in [-0.1, -0.05) is 23.7 Å². The largest absolute Gasteiger partial charge is 0.390 e. The highest BCUT2D eigenvalue weighted by molar-refractivity contribution is 7.84. The van der Waals surface area contributed by atoms with Crippen molar-refractivity contribution in [2.75, 3.05) is 26.0 Å². The van der Waals surface area contributed by atoms with E-state index >= 15 is 0 Å². The third kappa shape index (κ3) is 5.60. The molecule has 2 aliphatic rings. The van der Waals surface area contributed by atoms with E-state index in [2.05, 4.69) is 38.0 Å². The number of rotatable bonds is 9. The first-order chi connectivity index (χ1) is 18.6. The first-order valence-corrected chi connectivity index (χ1v) is 15.3. The molecule has 0 radical (unpaired) electrons. The third-order valence-electron chi connectivity index (χ3n) is 7.56. The summed E-state index contributed by atoms with van der Waals surface area (Å²) in [7, 11) is -0.622. The van der Waals surface area contributed by atoms with Gasteiger partial charge in [0.1, 0.15) is 18.2 Å². The van der Waals surface area contributed by atoms with Gasteiger partial charge in [0.2, 0.25) is 5.78 Å². The Bertz CT molecular complexity index is 1470. The zero-order valence-corrected chi connectivity index (χ0v) is 23.9. The number of nitrogens with zero attached hydrogens (tertiary/aromatic N) is 3. The molecule has 208 valence electrons. The van der Waals surface area contributed by atoms with Gasteiger partial charge in [0, 0.05) is 24.3 Å². The zero-order valence-electron chi connectivity index (χ0n) is 21.5. The fourth-order valence-electron chi connectivity index (χ4n) is 5.61. The van der Waals surface area contributed by atoms with Crippen molar-refractivity contribution in [3.8, 4) is 0 Å². The Balaban J connectivity index is 1.39. The predicted octanol–water partition coefficient (Wildman–Crippen LogP) is 3.18. The number of likely N-dealkylation sites (tertiary alicyclic amines) is 1. The molecule has 3 heterocycles. The molecule has 0 spiro atoms. The molecule has 39 heavy (non-hydrogen) atoms. The van der Waals surface area contributed by atoms with Crippen LogP contribution in [0.2, 0.25) is 5.02 Å². The summed E-state index contributed by atoms with van der Waals surface area (Å²) in [4.78, 5) is 24.9. The first kappa shape index (κ1) is 28.1. The van der Waals surface area contributed by atoms with Crippen LogP contribution in [-0.2, 0) is 20.0 Å². The molecule has 1 saturated carbocycles. The SMILES string of the molecule is CNS(=O)(=O)O[C@@H]1C[C@H](Nc2ncncc2C(=O)c2cc([C@]3(c4cccc(Cl)c4)CCCN3C)cs2)C[C@@H]1O. The van der Waals surface area contributed by atoms with Crippen LogP contribution in [0.25, 0.3) is 0 Å². The number of aliphatic hydroxyl groups excluding tert-OH is 1.